The lowest BCUT2D eigenvalue weighted by Gasteiger charge is -2.30. The number of nitrogens with two attached hydrogens (primary N) is 1. The third-order valence-corrected chi connectivity index (χ3v) is 3.34. The molecule has 1 fully saturated rings. The van der Waals surface area contributed by atoms with Crippen molar-refractivity contribution in [2.24, 2.45) is 5.14 Å². The topological polar surface area (TPSA) is 89.7 Å². The van der Waals surface area contributed by atoms with Gasteiger partial charge < -0.3 is 4.74 Å². The number of nitrogens with zero attached hydrogens (tertiary/aromatic N) is 1. The zero-order valence-electron chi connectivity index (χ0n) is 7.97. The lowest BCUT2D eigenvalue weighted by Crippen LogP contribution is -2.50. The fourth-order valence-electron chi connectivity index (χ4n) is 1.58. The van der Waals surface area contributed by atoms with Crippen LogP contribution in [-0.4, -0.2) is 38.4 Å². The number of ether oxygens (including phenoxy) is 1. The van der Waals surface area contributed by atoms with Crippen molar-refractivity contribution in [1.29, 1.82) is 0 Å². The molecule has 0 aromatic heterocycles. The summed E-state index contributed by atoms with van der Waals surface area (Å²) in [5.74, 6) is -0.543. The Hall–Kier alpha value is -0.660. The van der Waals surface area contributed by atoms with Crippen molar-refractivity contribution in [3.05, 3.63) is 0 Å². The molecule has 0 unspecified atom stereocenters. The summed E-state index contributed by atoms with van der Waals surface area (Å²) >= 11 is 0. The molecule has 1 saturated heterocycles. The van der Waals surface area contributed by atoms with Gasteiger partial charge in [-0.15, -0.1) is 0 Å². The van der Waals surface area contributed by atoms with Gasteiger partial charge in [0.15, 0.2) is 0 Å². The molecule has 0 bridgehead atoms. The van der Waals surface area contributed by atoms with E-state index in [-0.39, 0.29) is 0 Å². The van der Waals surface area contributed by atoms with Gasteiger partial charge in [0.1, 0.15) is 6.04 Å². The molecule has 1 aliphatic heterocycles. The first-order valence-corrected chi connectivity index (χ1v) is 5.84. The summed E-state index contributed by atoms with van der Waals surface area (Å²) in [6.07, 6.45) is 2.01. The molecule has 0 saturated carbocycles. The monoisotopic (exact) mass is 222 g/mol. The van der Waals surface area contributed by atoms with E-state index >= 15 is 0 Å². The molecule has 0 spiro atoms. The van der Waals surface area contributed by atoms with E-state index in [0.29, 0.717) is 13.0 Å². The first-order chi connectivity index (χ1) is 6.46. The molecule has 0 aliphatic carbocycles. The quantitative estimate of drug-likeness (QED) is 0.620. The Morgan fingerprint density at radius 2 is 2.14 bits per heavy atom. The highest BCUT2D eigenvalue weighted by atomic mass is 32.2. The average molecular weight is 222 g/mol. The molecule has 2 N–H and O–H groups in total. The number of hydrogen-bond acceptors (Lipinski definition) is 4. The zero-order valence-corrected chi connectivity index (χ0v) is 8.79. The van der Waals surface area contributed by atoms with E-state index in [4.69, 9.17) is 5.14 Å². The molecule has 14 heavy (non-hydrogen) atoms. The van der Waals surface area contributed by atoms with Crippen LogP contribution in [-0.2, 0) is 19.7 Å². The molecule has 0 amide bonds. The predicted octanol–water partition coefficient (Wildman–Crippen LogP) is -0.783. The number of rotatable bonds is 2. The first kappa shape index (κ1) is 11.4. The summed E-state index contributed by atoms with van der Waals surface area (Å²) in [7, 11) is -2.56. The van der Waals surface area contributed by atoms with Crippen molar-refractivity contribution in [2.75, 3.05) is 13.7 Å². The Balaban J connectivity index is 2.85. The molecular weight excluding hydrogens is 208 g/mol. The van der Waals surface area contributed by atoms with Crippen molar-refractivity contribution in [2.45, 2.75) is 25.3 Å². The van der Waals surface area contributed by atoms with Gasteiger partial charge in [-0.2, -0.15) is 12.7 Å². The van der Waals surface area contributed by atoms with Gasteiger partial charge in [0.25, 0.3) is 10.2 Å². The van der Waals surface area contributed by atoms with E-state index in [2.05, 4.69) is 4.74 Å². The number of methoxy groups -OCH3 is 1. The van der Waals surface area contributed by atoms with Gasteiger partial charge in [-0.1, -0.05) is 0 Å². The third-order valence-electron chi connectivity index (χ3n) is 2.25. The largest absolute Gasteiger partial charge is 0.468 e. The van der Waals surface area contributed by atoms with Gasteiger partial charge in [0.2, 0.25) is 0 Å². The lowest BCUT2D eigenvalue weighted by atomic mass is 10.1. The second-order valence-corrected chi connectivity index (χ2v) is 4.69. The second kappa shape index (κ2) is 4.24. The lowest BCUT2D eigenvalue weighted by molar-refractivity contribution is -0.146. The molecule has 0 radical (unpaired) electrons. The SMILES string of the molecule is COC(=O)[C@H]1CCCCN1S(N)(=O)=O. The number of hydrogen-bond donors (Lipinski definition) is 1. The Morgan fingerprint density at radius 1 is 1.50 bits per heavy atom. The molecule has 7 heteroatoms. The van der Waals surface area contributed by atoms with Crippen LogP contribution in [0.1, 0.15) is 19.3 Å². The van der Waals surface area contributed by atoms with E-state index < -0.39 is 22.2 Å². The number of piperidine rings is 1. The average Bonchev–Trinajstić information content (AvgIpc) is 2.15. The minimum absolute atomic E-state index is 0.290. The summed E-state index contributed by atoms with van der Waals surface area (Å²) in [6, 6.07) is -0.747. The van der Waals surface area contributed by atoms with E-state index in [1.807, 2.05) is 0 Å². The minimum Gasteiger partial charge on any atom is -0.468 e. The van der Waals surface area contributed by atoms with Gasteiger partial charge in [-0.25, -0.2) is 5.14 Å². The zero-order chi connectivity index (χ0) is 10.8. The first-order valence-electron chi connectivity index (χ1n) is 4.34. The smallest absolute Gasteiger partial charge is 0.324 e. The fraction of sp³-hybridized carbons (Fsp3) is 0.857. The van der Waals surface area contributed by atoms with Crippen molar-refractivity contribution in [1.82, 2.24) is 4.31 Å². The summed E-state index contributed by atoms with van der Waals surface area (Å²) < 4.78 is 27.7. The summed E-state index contributed by atoms with van der Waals surface area (Å²) in [5, 5.41) is 4.98. The molecule has 0 aromatic rings. The van der Waals surface area contributed by atoms with Crippen molar-refractivity contribution in [3.8, 4) is 0 Å². The van der Waals surface area contributed by atoms with Crippen LogP contribution in [0.5, 0.6) is 0 Å². The van der Waals surface area contributed by atoms with Crippen LogP contribution >= 0.6 is 0 Å². The summed E-state index contributed by atoms with van der Waals surface area (Å²) in [6.45, 7) is 0.290. The molecule has 1 aliphatic rings. The third kappa shape index (κ3) is 2.43. The molecule has 1 rings (SSSR count). The number of carbonyl (C=O) groups excluding carboxylic acids is 1. The molecule has 6 nitrogen and oxygen atoms in total. The van der Waals surface area contributed by atoms with Gasteiger partial charge in [-0.05, 0) is 19.3 Å². The van der Waals surface area contributed by atoms with Crippen molar-refractivity contribution < 1.29 is 17.9 Å². The van der Waals surface area contributed by atoms with Gasteiger partial charge in [0, 0.05) is 6.54 Å². The highest BCUT2D eigenvalue weighted by molar-refractivity contribution is 7.86. The highest BCUT2D eigenvalue weighted by Gasteiger charge is 2.35. The van der Waals surface area contributed by atoms with E-state index in [9.17, 15) is 13.2 Å². The van der Waals surface area contributed by atoms with Crippen LogP contribution in [0, 0.1) is 0 Å². The van der Waals surface area contributed by atoms with Crippen LogP contribution in [0.2, 0.25) is 0 Å². The molecule has 0 aromatic carbocycles. The van der Waals surface area contributed by atoms with Gasteiger partial charge >= 0.3 is 5.97 Å². The fourth-order valence-corrected chi connectivity index (χ4v) is 2.51. The van der Waals surface area contributed by atoms with Crippen LogP contribution in [0.4, 0.5) is 0 Å². The Labute approximate surface area is 83.2 Å². The molecule has 1 heterocycles. The van der Waals surface area contributed by atoms with Crippen molar-refractivity contribution >= 4 is 16.2 Å². The minimum atomic E-state index is -3.80. The van der Waals surface area contributed by atoms with Gasteiger partial charge in [-0.3, -0.25) is 4.79 Å². The van der Waals surface area contributed by atoms with E-state index in [1.165, 1.54) is 7.11 Å². The Bertz CT molecular complexity index is 314. The summed E-state index contributed by atoms with van der Waals surface area (Å²) in [5.41, 5.74) is 0. The van der Waals surface area contributed by atoms with E-state index in [0.717, 1.165) is 17.1 Å². The highest BCUT2D eigenvalue weighted by Crippen LogP contribution is 2.19. The van der Waals surface area contributed by atoms with Crippen LogP contribution < -0.4 is 5.14 Å². The van der Waals surface area contributed by atoms with E-state index in [1.54, 1.807) is 0 Å². The Kier molecular flexibility index (Phi) is 3.46. The second-order valence-electron chi connectivity index (χ2n) is 3.19. The van der Waals surface area contributed by atoms with Crippen LogP contribution in [0.25, 0.3) is 0 Å². The maximum absolute atomic E-state index is 11.2. The van der Waals surface area contributed by atoms with Crippen LogP contribution in [0.3, 0.4) is 0 Å². The Morgan fingerprint density at radius 3 is 2.64 bits per heavy atom. The maximum Gasteiger partial charge on any atom is 0.324 e. The van der Waals surface area contributed by atoms with Gasteiger partial charge in [0.05, 0.1) is 7.11 Å². The normalized spacial score (nSPS) is 24.6. The standard InChI is InChI=1S/C7H14N2O4S/c1-13-7(10)6-4-2-3-5-9(6)14(8,11)12/h6H,2-5H2,1H3,(H2,8,11,12)/t6-/m1/s1. The molecule has 1 atom stereocenters. The number of carbonyl (C=O) groups is 1. The van der Waals surface area contributed by atoms with Crippen LogP contribution in [0.15, 0.2) is 0 Å². The number of esters is 1. The van der Waals surface area contributed by atoms with Crippen molar-refractivity contribution in [3.63, 3.8) is 0 Å². The summed E-state index contributed by atoms with van der Waals surface area (Å²) in [4.78, 5) is 11.2. The molecular formula is C7H14N2O4S. The maximum atomic E-state index is 11.2. The molecule has 82 valence electrons. The predicted molar refractivity (Wildman–Crippen MR) is 49.5 cm³/mol.